The Morgan fingerprint density at radius 1 is 1.53 bits per heavy atom. The van der Waals surface area contributed by atoms with Gasteiger partial charge in [0.2, 0.25) is 0 Å². The van der Waals surface area contributed by atoms with Crippen molar-refractivity contribution in [2.75, 3.05) is 6.54 Å². The van der Waals surface area contributed by atoms with Gasteiger partial charge in [0.15, 0.2) is 0 Å². The van der Waals surface area contributed by atoms with Gasteiger partial charge in [-0.3, -0.25) is 9.78 Å². The highest BCUT2D eigenvalue weighted by molar-refractivity contribution is 5.95. The second-order valence-corrected chi connectivity index (χ2v) is 4.78. The van der Waals surface area contributed by atoms with Crippen molar-refractivity contribution in [3.8, 4) is 0 Å². The summed E-state index contributed by atoms with van der Waals surface area (Å²) in [4.78, 5) is 16.3. The summed E-state index contributed by atoms with van der Waals surface area (Å²) in [5.41, 5.74) is 7.01. The molecule has 1 aromatic rings. The Bertz CT molecular complexity index is 411. The summed E-state index contributed by atoms with van der Waals surface area (Å²) in [7, 11) is 0. The highest BCUT2D eigenvalue weighted by atomic mass is 16.1. The van der Waals surface area contributed by atoms with Crippen LogP contribution in [0.25, 0.3) is 0 Å². The molecule has 1 aliphatic rings. The van der Waals surface area contributed by atoms with Gasteiger partial charge in [0.1, 0.15) is 0 Å². The number of aromatic nitrogens is 1. The molecule has 1 fully saturated rings. The molecule has 92 valence electrons. The quantitative estimate of drug-likeness (QED) is 0.829. The van der Waals surface area contributed by atoms with Crippen molar-refractivity contribution in [3.63, 3.8) is 0 Å². The van der Waals surface area contributed by atoms with Gasteiger partial charge in [-0.05, 0) is 31.9 Å². The molecule has 0 bridgehead atoms. The van der Waals surface area contributed by atoms with Crippen molar-refractivity contribution < 1.29 is 4.79 Å². The monoisotopic (exact) mass is 233 g/mol. The number of nitrogens with zero attached hydrogens (tertiary/aromatic N) is 1. The first-order chi connectivity index (χ1) is 8.17. The van der Waals surface area contributed by atoms with Crippen molar-refractivity contribution in [2.24, 2.45) is 5.73 Å². The van der Waals surface area contributed by atoms with Crippen molar-refractivity contribution in [2.45, 2.75) is 38.1 Å². The molecule has 1 heterocycles. The molecule has 0 aliphatic heterocycles. The normalized spacial score (nSPS) is 18.0. The molecule has 2 rings (SSSR count). The molecule has 1 aliphatic carbocycles. The summed E-state index contributed by atoms with van der Waals surface area (Å²) in [6.45, 7) is 2.36. The predicted molar refractivity (Wildman–Crippen MR) is 66.7 cm³/mol. The van der Waals surface area contributed by atoms with Gasteiger partial charge < -0.3 is 11.1 Å². The van der Waals surface area contributed by atoms with E-state index in [1.165, 1.54) is 0 Å². The highest BCUT2D eigenvalue weighted by Crippen LogP contribution is 2.29. The summed E-state index contributed by atoms with van der Waals surface area (Å²) in [5.74, 6) is -0.0528. The third-order valence-corrected chi connectivity index (χ3v) is 3.58. The highest BCUT2D eigenvalue weighted by Gasteiger charge is 2.34. The molecule has 1 aromatic heterocycles. The largest absolute Gasteiger partial charge is 0.345 e. The topological polar surface area (TPSA) is 68.0 Å². The molecular formula is C13H19N3O. The van der Waals surface area contributed by atoms with Gasteiger partial charge in [-0.25, -0.2) is 0 Å². The second-order valence-electron chi connectivity index (χ2n) is 4.78. The molecule has 0 spiro atoms. The molecule has 0 radical (unpaired) electrons. The van der Waals surface area contributed by atoms with Crippen LogP contribution in [0, 0.1) is 6.92 Å². The Morgan fingerprint density at radius 3 is 2.82 bits per heavy atom. The maximum atomic E-state index is 12.2. The number of pyridine rings is 1. The molecule has 3 N–H and O–H groups in total. The second kappa shape index (κ2) is 4.84. The fourth-order valence-electron chi connectivity index (χ4n) is 2.46. The first-order valence-corrected chi connectivity index (χ1v) is 6.11. The Morgan fingerprint density at radius 2 is 2.24 bits per heavy atom. The lowest BCUT2D eigenvalue weighted by atomic mass is 9.97. The summed E-state index contributed by atoms with van der Waals surface area (Å²) in [6, 6.07) is 3.59. The van der Waals surface area contributed by atoms with Gasteiger partial charge in [0.25, 0.3) is 5.91 Å². The summed E-state index contributed by atoms with van der Waals surface area (Å²) < 4.78 is 0. The maximum absolute atomic E-state index is 12.2. The van der Waals surface area contributed by atoms with E-state index in [-0.39, 0.29) is 11.4 Å². The summed E-state index contributed by atoms with van der Waals surface area (Å²) in [5, 5.41) is 3.10. The zero-order chi connectivity index (χ0) is 12.3. The third-order valence-electron chi connectivity index (χ3n) is 3.58. The number of hydrogen-bond donors (Lipinski definition) is 2. The number of rotatable bonds is 3. The van der Waals surface area contributed by atoms with Crippen LogP contribution in [0.5, 0.6) is 0 Å². The fraction of sp³-hybridized carbons (Fsp3) is 0.538. The Kier molecular flexibility index (Phi) is 3.43. The lowest BCUT2D eigenvalue weighted by Gasteiger charge is -2.28. The third kappa shape index (κ3) is 2.47. The average molecular weight is 233 g/mol. The molecule has 17 heavy (non-hydrogen) atoms. The number of carbonyl (C=O) groups excluding carboxylic acids is 1. The lowest BCUT2D eigenvalue weighted by molar-refractivity contribution is 0.0902. The van der Waals surface area contributed by atoms with Crippen LogP contribution in [0.4, 0.5) is 0 Å². The number of nitrogens with one attached hydrogen (secondary N) is 1. The van der Waals surface area contributed by atoms with Crippen LogP contribution in [-0.4, -0.2) is 23.0 Å². The van der Waals surface area contributed by atoms with Gasteiger partial charge >= 0.3 is 0 Å². The number of nitrogens with two attached hydrogens (primary N) is 1. The first-order valence-electron chi connectivity index (χ1n) is 6.11. The number of hydrogen-bond acceptors (Lipinski definition) is 3. The van der Waals surface area contributed by atoms with Crippen molar-refractivity contribution >= 4 is 5.91 Å². The standard InChI is InChI=1S/C13H19N3O/c1-10-11(5-4-8-15-10)12(17)16-13(9-14)6-2-3-7-13/h4-5,8H,2-3,6-7,9,14H2,1H3,(H,16,17). The number of aryl methyl sites for hydroxylation is 1. The first kappa shape index (κ1) is 12.0. The minimum atomic E-state index is -0.195. The minimum Gasteiger partial charge on any atom is -0.345 e. The molecule has 4 heteroatoms. The van der Waals surface area contributed by atoms with Crippen molar-refractivity contribution in [1.29, 1.82) is 0 Å². The molecule has 1 saturated carbocycles. The van der Waals surface area contributed by atoms with Crippen molar-refractivity contribution in [1.82, 2.24) is 10.3 Å². The SMILES string of the molecule is Cc1ncccc1C(=O)NC1(CN)CCCC1. The molecule has 4 nitrogen and oxygen atoms in total. The van der Waals surface area contributed by atoms with Crippen molar-refractivity contribution in [3.05, 3.63) is 29.6 Å². The molecule has 0 saturated heterocycles. The summed E-state index contributed by atoms with van der Waals surface area (Å²) in [6.07, 6.45) is 5.94. The fourth-order valence-corrected chi connectivity index (χ4v) is 2.46. The predicted octanol–water partition coefficient (Wildman–Crippen LogP) is 1.39. The zero-order valence-electron chi connectivity index (χ0n) is 10.2. The Hall–Kier alpha value is -1.42. The summed E-state index contributed by atoms with van der Waals surface area (Å²) >= 11 is 0. The molecular weight excluding hydrogens is 214 g/mol. The van der Waals surface area contributed by atoms with E-state index < -0.39 is 0 Å². The minimum absolute atomic E-state index is 0.0528. The van der Waals surface area contributed by atoms with Gasteiger partial charge in [0, 0.05) is 18.4 Å². The van der Waals surface area contributed by atoms with E-state index in [0.29, 0.717) is 12.1 Å². The van der Waals surface area contributed by atoms with Gasteiger partial charge in [-0.2, -0.15) is 0 Å². The number of amides is 1. The van der Waals surface area contributed by atoms with E-state index in [9.17, 15) is 4.79 Å². The average Bonchev–Trinajstić information content (AvgIpc) is 2.79. The van der Waals surface area contributed by atoms with Crippen LogP contribution in [0.15, 0.2) is 18.3 Å². The van der Waals surface area contributed by atoms with Crippen LogP contribution in [0.3, 0.4) is 0 Å². The Balaban J connectivity index is 2.14. The Labute approximate surface area is 102 Å². The van der Waals surface area contributed by atoms with Crippen LogP contribution >= 0.6 is 0 Å². The molecule has 1 amide bonds. The van der Waals surface area contributed by atoms with E-state index in [1.807, 2.05) is 6.92 Å². The molecule has 0 aromatic carbocycles. The zero-order valence-corrected chi connectivity index (χ0v) is 10.2. The van der Waals surface area contributed by atoms with Crippen LogP contribution in [-0.2, 0) is 0 Å². The van der Waals surface area contributed by atoms with Crippen LogP contribution in [0.1, 0.15) is 41.7 Å². The van der Waals surface area contributed by atoms with Gasteiger partial charge in [0.05, 0.1) is 11.1 Å². The van der Waals surface area contributed by atoms with Crippen LogP contribution in [0.2, 0.25) is 0 Å². The van der Waals surface area contributed by atoms with E-state index in [4.69, 9.17) is 5.73 Å². The molecule has 0 atom stereocenters. The number of carbonyl (C=O) groups is 1. The van der Waals surface area contributed by atoms with E-state index in [0.717, 1.165) is 31.4 Å². The smallest absolute Gasteiger partial charge is 0.253 e. The lowest BCUT2D eigenvalue weighted by Crippen LogP contribution is -2.51. The maximum Gasteiger partial charge on any atom is 0.253 e. The van der Waals surface area contributed by atoms with E-state index in [2.05, 4.69) is 10.3 Å². The molecule has 0 unspecified atom stereocenters. The van der Waals surface area contributed by atoms with E-state index in [1.54, 1.807) is 18.3 Å². The van der Waals surface area contributed by atoms with Crippen LogP contribution < -0.4 is 11.1 Å². The van der Waals surface area contributed by atoms with Gasteiger partial charge in [-0.15, -0.1) is 0 Å². The van der Waals surface area contributed by atoms with E-state index >= 15 is 0 Å². The van der Waals surface area contributed by atoms with Gasteiger partial charge in [-0.1, -0.05) is 12.8 Å².